The number of amides is 1. The van der Waals surface area contributed by atoms with Gasteiger partial charge in [0.05, 0.1) is 25.1 Å². The molecule has 4 fully saturated rings. The van der Waals surface area contributed by atoms with Crippen molar-refractivity contribution < 1.29 is 18.7 Å². The molecule has 1 N–H and O–H groups in total. The van der Waals surface area contributed by atoms with E-state index in [0.29, 0.717) is 5.92 Å². The molecule has 0 radical (unpaired) electrons. The summed E-state index contributed by atoms with van der Waals surface area (Å²) in [5.41, 5.74) is 0.473. The molecule has 3 saturated carbocycles. The zero-order valence-corrected chi connectivity index (χ0v) is 17.9. The third kappa shape index (κ3) is 4.45. The van der Waals surface area contributed by atoms with Crippen LogP contribution in [-0.4, -0.2) is 47.6 Å². The third-order valence-electron chi connectivity index (χ3n) is 7.39. The van der Waals surface area contributed by atoms with Gasteiger partial charge in [0.2, 0.25) is 5.91 Å². The SMILES string of the molecule is CC(OC(=O)C1CC2CCC1(NCC(=O)N1CC(F)CC1C#N)CC2)c1ccccc1. The number of rotatable bonds is 6. The maximum Gasteiger partial charge on any atom is 0.311 e. The van der Waals surface area contributed by atoms with Crippen LogP contribution in [0.1, 0.15) is 57.1 Å². The maximum atomic E-state index is 13.7. The quantitative estimate of drug-likeness (QED) is 0.705. The monoisotopic (exact) mass is 427 g/mol. The number of carbonyl (C=O) groups excluding carboxylic acids is 2. The Bertz CT molecular complexity index is 847. The van der Waals surface area contributed by atoms with Gasteiger partial charge in [0.15, 0.2) is 0 Å². The molecule has 1 amide bonds. The Hall–Kier alpha value is -2.46. The smallest absolute Gasteiger partial charge is 0.311 e. The molecule has 4 unspecified atom stereocenters. The van der Waals surface area contributed by atoms with Gasteiger partial charge in [0.1, 0.15) is 18.3 Å². The number of likely N-dealkylation sites (tertiary alicyclic amines) is 1. The molecule has 5 rings (SSSR count). The lowest BCUT2D eigenvalue weighted by Crippen LogP contribution is -2.61. The first-order chi connectivity index (χ1) is 14.9. The number of nitrogens with one attached hydrogen (secondary N) is 1. The molecular formula is C24H30FN3O3. The van der Waals surface area contributed by atoms with Crippen molar-refractivity contribution in [2.75, 3.05) is 13.1 Å². The van der Waals surface area contributed by atoms with Gasteiger partial charge in [-0.3, -0.25) is 9.59 Å². The average Bonchev–Trinajstić information content (AvgIpc) is 3.19. The molecule has 7 heteroatoms. The summed E-state index contributed by atoms with van der Waals surface area (Å²) < 4.78 is 19.6. The average molecular weight is 428 g/mol. The summed E-state index contributed by atoms with van der Waals surface area (Å²) in [6.07, 6.45) is 3.02. The Balaban J connectivity index is 1.43. The summed E-state index contributed by atoms with van der Waals surface area (Å²) in [5.74, 6) is -0.296. The summed E-state index contributed by atoms with van der Waals surface area (Å²) in [7, 11) is 0. The van der Waals surface area contributed by atoms with Crippen LogP contribution in [0.2, 0.25) is 0 Å². The van der Waals surface area contributed by atoms with Gasteiger partial charge in [0, 0.05) is 12.0 Å². The number of hydrogen-bond donors (Lipinski definition) is 1. The number of fused-ring (bicyclic) bond motifs is 3. The number of ether oxygens (including phenoxy) is 1. The van der Waals surface area contributed by atoms with E-state index in [1.165, 1.54) is 4.90 Å². The molecule has 1 aromatic rings. The van der Waals surface area contributed by atoms with Crippen LogP contribution in [0.5, 0.6) is 0 Å². The minimum atomic E-state index is -1.15. The Labute approximate surface area is 182 Å². The highest BCUT2D eigenvalue weighted by Gasteiger charge is 2.52. The topological polar surface area (TPSA) is 82.4 Å². The van der Waals surface area contributed by atoms with E-state index in [1.54, 1.807) is 0 Å². The lowest BCUT2D eigenvalue weighted by Gasteiger charge is -2.51. The fourth-order valence-corrected chi connectivity index (χ4v) is 5.54. The van der Waals surface area contributed by atoms with Crippen molar-refractivity contribution in [1.29, 1.82) is 5.26 Å². The van der Waals surface area contributed by atoms with Crippen LogP contribution in [0.3, 0.4) is 0 Å². The first-order valence-corrected chi connectivity index (χ1v) is 11.3. The van der Waals surface area contributed by atoms with Crippen LogP contribution >= 0.6 is 0 Å². The molecule has 2 bridgehead atoms. The van der Waals surface area contributed by atoms with Crippen molar-refractivity contribution in [1.82, 2.24) is 10.2 Å². The minimum absolute atomic E-state index is 0.00753. The molecule has 3 aliphatic carbocycles. The van der Waals surface area contributed by atoms with Crippen LogP contribution in [0.25, 0.3) is 0 Å². The Morgan fingerprint density at radius 3 is 2.68 bits per heavy atom. The van der Waals surface area contributed by atoms with Gasteiger partial charge >= 0.3 is 5.97 Å². The molecule has 1 saturated heterocycles. The second-order valence-electron chi connectivity index (χ2n) is 9.26. The number of benzene rings is 1. The number of nitrogens with zero attached hydrogens (tertiary/aromatic N) is 2. The number of hydrogen-bond acceptors (Lipinski definition) is 5. The van der Waals surface area contributed by atoms with Crippen molar-refractivity contribution in [3.05, 3.63) is 35.9 Å². The van der Waals surface area contributed by atoms with Gasteiger partial charge in [-0.25, -0.2) is 4.39 Å². The molecule has 31 heavy (non-hydrogen) atoms. The molecule has 1 heterocycles. The summed E-state index contributed by atoms with van der Waals surface area (Å²) in [5, 5.41) is 12.6. The second-order valence-corrected chi connectivity index (χ2v) is 9.26. The number of nitriles is 1. The molecule has 4 aliphatic rings. The number of halogens is 1. The van der Waals surface area contributed by atoms with Crippen LogP contribution < -0.4 is 5.32 Å². The van der Waals surface area contributed by atoms with Crippen LogP contribution in [-0.2, 0) is 14.3 Å². The van der Waals surface area contributed by atoms with E-state index in [4.69, 9.17) is 4.74 Å². The van der Waals surface area contributed by atoms with Gasteiger partial charge in [-0.05, 0) is 50.5 Å². The van der Waals surface area contributed by atoms with Gasteiger partial charge < -0.3 is 15.0 Å². The highest BCUT2D eigenvalue weighted by Crippen LogP contribution is 2.48. The van der Waals surface area contributed by atoms with Crippen LogP contribution in [0.4, 0.5) is 4.39 Å². The summed E-state index contributed by atoms with van der Waals surface area (Å²) in [6.45, 7) is 1.85. The van der Waals surface area contributed by atoms with E-state index in [9.17, 15) is 19.2 Å². The normalized spacial score (nSPS) is 33.0. The Morgan fingerprint density at radius 2 is 2.00 bits per heavy atom. The summed E-state index contributed by atoms with van der Waals surface area (Å²) in [4.78, 5) is 27.2. The van der Waals surface area contributed by atoms with E-state index in [-0.39, 0.29) is 43.4 Å². The zero-order chi connectivity index (χ0) is 22.0. The first-order valence-electron chi connectivity index (χ1n) is 11.3. The zero-order valence-electron chi connectivity index (χ0n) is 17.9. The van der Waals surface area contributed by atoms with Crippen molar-refractivity contribution in [2.24, 2.45) is 11.8 Å². The van der Waals surface area contributed by atoms with Crippen LogP contribution in [0, 0.1) is 23.2 Å². The van der Waals surface area contributed by atoms with Crippen molar-refractivity contribution >= 4 is 11.9 Å². The number of alkyl halides is 1. The minimum Gasteiger partial charge on any atom is -0.458 e. The van der Waals surface area contributed by atoms with Gasteiger partial charge in [0.25, 0.3) is 0 Å². The summed E-state index contributed by atoms with van der Waals surface area (Å²) >= 11 is 0. The first kappa shape index (κ1) is 21.8. The number of carbonyl (C=O) groups is 2. The van der Waals surface area contributed by atoms with Gasteiger partial charge in [-0.2, -0.15) is 5.26 Å². The molecule has 1 aliphatic heterocycles. The molecule has 0 spiro atoms. The van der Waals surface area contributed by atoms with Crippen molar-refractivity contribution in [2.45, 2.75) is 69.3 Å². The Kier molecular flexibility index (Phi) is 6.29. The van der Waals surface area contributed by atoms with E-state index in [2.05, 4.69) is 5.32 Å². The fourth-order valence-electron chi connectivity index (χ4n) is 5.54. The predicted molar refractivity (Wildman–Crippen MR) is 112 cm³/mol. The lowest BCUT2D eigenvalue weighted by molar-refractivity contribution is -0.162. The molecule has 4 atom stereocenters. The fraction of sp³-hybridized carbons (Fsp3) is 0.625. The number of esters is 1. The predicted octanol–water partition coefficient (Wildman–Crippen LogP) is 3.29. The van der Waals surface area contributed by atoms with Crippen LogP contribution in [0.15, 0.2) is 30.3 Å². The van der Waals surface area contributed by atoms with Gasteiger partial charge in [-0.15, -0.1) is 0 Å². The summed E-state index contributed by atoms with van der Waals surface area (Å²) in [6, 6.07) is 11.0. The molecule has 0 aromatic heterocycles. The maximum absolute atomic E-state index is 13.7. The van der Waals surface area contributed by atoms with Crippen molar-refractivity contribution in [3.63, 3.8) is 0 Å². The molecule has 6 nitrogen and oxygen atoms in total. The van der Waals surface area contributed by atoms with E-state index in [0.717, 1.165) is 37.7 Å². The molecule has 1 aromatic carbocycles. The standard InChI is InChI=1S/C24H30FN3O3/c1-16(18-5-3-2-4-6-18)31-23(30)21-11-17-7-9-24(21,10-8-17)27-14-22(29)28-15-19(25)12-20(28)13-26/h2-6,16-17,19-21,27H,7-12,14-15H2,1H3. The van der Waals surface area contributed by atoms with E-state index >= 15 is 0 Å². The molecular weight excluding hydrogens is 397 g/mol. The molecule has 166 valence electrons. The third-order valence-corrected chi connectivity index (χ3v) is 7.39. The van der Waals surface area contributed by atoms with Gasteiger partial charge in [-0.1, -0.05) is 30.3 Å². The second kappa shape index (κ2) is 8.96. The van der Waals surface area contributed by atoms with Crippen molar-refractivity contribution in [3.8, 4) is 6.07 Å². The van der Waals surface area contributed by atoms with E-state index in [1.807, 2.05) is 43.3 Å². The highest BCUT2D eigenvalue weighted by molar-refractivity contribution is 5.80. The lowest BCUT2D eigenvalue weighted by atomic mass is 9.59. The van der Waals surface area contributed by atoms with E-state index < -0.39 is 17.8 Å². The largest absolute Gasteiger partial charge is 0.458 e. The highest BCUT2D eigenvalue weighted by atomic mass is 19.1. The Morgan fingerprint density at radius 1 is 1.29 bits per heavy atom.